The van der Waals surface area contributed by atoms with Crippen LogP contribution in [0.2, 0.25) is 0 Å². The first-order chi connectivity index (χ1) is 12.5. The van der Waals surface area contributed by atoms with E-state index in [1.54, 1.807) is 24.3 Å². The fraction of sp³-hybridized carbons (Fsp3) is 0.611. The first kappa shape index (κ1) is 19.8. The van der Waals surface area contributed by atoms with E-state index in [-0.39, 0.29) is 5.91 Å². The van der Waals surface area contributed by atoms with E-state index in [4.69, 9.17) is 0 Å². The number of nitrogens with zero attached hydrogens (tertiary/aromatic N) is 3. The molecule has 0 aliphatic carbocycles. The molecule has 3 rings (SSSR count). The van der Waals surface area contributed by atoms with Crippen molar-refractivity contribution < 1.29 is 13.2 Å². The standard InChI is InChI=1S/C18H26BrN3O3S/c19-16-7-3-4-8-17(16)26(24,25)22-13-11-20(12-14-22)15-18(23)21-9-5-1-2-6-10-21/h3-4,7-8H,1-2,5-6,9-15H2. The van der Waals surface area contributed by atoms with Gasteiger partial charge < -0.3 is 4.90 Å². The molecule has 2 heterocycles. The quantitative estimate of drug-likeness (QED) is 0.714. The van der Waals surface area contributed by atoms with E-state index in [1.807, 2.05) is 4.90 Å². The summed E-state index contributed by atoms with van der Waals surface area (Å²) in [5, 5.41) is 0. The SMILES string of the molecule is O=C(CN1CCN(S(=O)(=O)c2ccccc2Br)CC1)N1CCCCCC1. The van der Waals surface area contributed by atoms with Crippen LogP contribution in [0.25, 0.3) is 0 Å². The van der Waals surface area contributed by atoms with Crippen molar-refractivity contribution in [1.82, 2.24) is 14.1 Å². The zero-order valence-electron chi connectivity index (χ0n) is 14.9. The van der Waals surface area contributed by atoms with Crippen molar-refractivity contribution in [3.8, 4) is 0 Å². The first-order valence-corrected chi connectivity index (χ1v) is 11.5. The Labute approximate surface area is 164 Å². The molecule has 1 amide bonds. The molecule has 0 radical (unpaired) electrons. The van der Waals surface area contributed by atoms with Gasteiger partial charge in [0.25, 0.3) is 0 Å². The van der Waals surface area contributed by atoms with Gasteiger partial charge in [0.15, 0.2) is 0 Å². The van der Waals surface area contributed by atoms with Gasteiger partial charge in [-0.3, -0.25) is 9.69 Å². The van der Waals surface area contributed by atoms with Gasteiger partial charge in [-0.2, -0.15) is 4.31 Å². The maximum Gasteiger partial charge on any atom is 0.244 e. The monoisotopic (exact) mass is 443 g/mol. The molecule has 0 bridgehead atoms. The number of carbonyl (C=O) groups is 1. The van der Waals surface area contributed by atoms with Gasteiger partial charge in [0.2, 0.25) is 15.9 Å². The van der Waals surface area contributed by atoms with Crippen molar-refractivity contribution in [3.05, 3.63) is 28.7 Å². The average molecular weight is 444 g/mol. The summed E-state index contributed by atoms with van der Waals surface area (Å²) >= 11 is 3.33. The van der Waals surface area contributed by atoms with E-state index in [2.05, 4.69) is 20.8 Å². The molecule has 2 fully saturated rings. The van der Waals surface area contributed by atoms with Crippen LogP contribution >= 0.6 is 15.9 Å². The van der Waals surface area contributed by atoms with E-state index >= 15 is 0 Å². The topological polar surface area (TPSA) is 60.9 Å². The average Bonchev–Trinajstić information content (AvgIpc) is 2.92. The number of hydrogen-bond donors (Lipinski definition) is 0. The minimum absolute atomic E-state index is 0.175. The second kappa shape index (κ2) is 8.82. The summed E-state index contributed by atoms with van der Waals surface area (Å²) < 4.78 is 27.7. The molecule has 2 aliphatic rings. The first-order valence-electron chi connectivity index (χ1n) is 9.23. The Morgan fingerprint density at radius 1 is 0.923 bits per heavy atom. The van der Waals surface area contributed by atoms with Crippen molar-refractivity contribution in [3.63, 3.8) is 0 Å². The number of benzene rings is 1. The number of likely N-dealkylation sites (tertiary alicyclic amines) is 1. The van der Waals surface area contributed by atoms with Crippen LogP contribution in [-0.4, -0.2) is 74.2 Å². The van der Waals surface area contributed by atoms with Crippen molar-refractivity contribution in [1.29, 1.82) is 0 Å². The van der Waals surface area contributed by atoms with E-state index < -0.39 is 10.0 Å². The molecule has 6 nitrogen and oxygen atoms in total. The Kier molecular flexibility index (Phi) is 6.71. The number of halogens is 1. The number of rotatable bonds is 4. The number of sulfonamides is 1. The minimum atomic E-state index is -3.51. The van der Waals surface area contributed by atoms with Gasteiger partial charge in [-0.05, 0) is 40.9 Å². The molecular formula is C18H26BrN3O3S. The Morgan fingerprint density at radius 2 is 1.54 bits per heavy atom. The lowest BCUT2D eigenvalue weighted by molar-refractivity contribution is -0.132. The van der Waals surface area contributed by atoms with E-state index in [0.717, 1.165) is 25.9 Å². The highest BCUT2D eigenvalue weighted by molar-refractivity contribution is 9.10. The molecule has 0 unspecified atom stereocenters. The van der Waals surface area contributed by atoms with Gasteiger partial charge in [-0.15, -0.1) is 0 Å². The summed E-state index contributed by atoms with van der Waals surface area (Å²) in [5.74, 6) is 0.175. The molecule has 0 spiro atoms. The zero-order chi connectivity index (χ0) is 18.6. The van der Waals surface area contributed by atoms with Crippen LogP contribution in [0.1, 0.15) is 25.7 Å². The summed E-state index contributed by atoms with van der Waals surface area (Å²) in [6.45, 7) is 4.10. The van der Waals surface area contributed by atoms with Crippen LogP contribution in [0.4, 0.5) is 0 Å². The lowest BCUT2D eigenvalue weighted by atomic mass is 10.2. The molecule has 2 aliphatic heterocycles. The Balaban J connectivity index is 1.55. The van der Waals surface area contributed by atoms with Crippen molar-refractivity contribution in [2.24, 2.45) is 0 Å². The highest BCUT2D eigenvalue weighted by Crippen LogP contribution is 2.25. The number of piperazine rings is 1. The molecule has 1 aromatic rings. The summed E-state index contributed by atoms with van der Waals surface area (Å²) in [6, 6.07) is 6.89. The van der Waals surface area contributed by atoms with Crippen LogP contribution in [0.3, 0.4) is 0 Å². The predicted molar refractivity (Wildman–Crippen MR) is 104 cm³/mol. The van der Waals surface area contributed by atoms with Crippen molar-refractivity contribution >= 4 is 31.9 Å². The third-order valence-corrected chi connectivity index (χ3v) is 8.01. The molecule has 8 heteroatoms. The molecule has 2 saturated heterocycles. The number of amides is 1. The third-order valence-electron chi connectivity index (χ3n) is 5.10. The second-order valence-electron chi connectivity index (χ2n) is 6.91. The van der Waals surface area contributed by atoms with Crippen LogP contribution in [0, 0.1) is 0 Å². The second-order valence-corrected chi connectivity index (χ2v) is 9.67. The van der Waals surface area contributed by atoms with Gasteiger partial charge in [-0.1, -0.05) is 25.0 Å². The smallest absolute Gasteiger partial charge is 0.244 e. The molecule has 0 N–H and O–H groups in total. The lowest BCUT2D eigenvalue weighted by Gasteiger charge is -2.34. The third kappa shape index (κ3) is 4.65. The van der Waals surface area contributed by atoms with Crippen molar-refractivity contribution in [2.45, 2.75) is 30.6 Å². The number of carbonyl (C=O) groups excluding carboxylic acids is 1. The molecular weight excluding hydrogens is 418 g/mol. The zero-order valence-corrected chi connectivity index (χ0v) is 17.3. The molecule has 0 atom stereocenters. The minimum Gasteiger partial charge on any atom is -0.342 e. The van der Waals surface area contributed by atoms with Crippen LogP contribution in [0.5, 0.6) is 0 Å². The predicted octanol–water partition coefficient (Wildman–Crippen LogP) is 2.16. The fourth-order valence-electron chi connectivity index (χ4n) is 3.53. The Hall–Kier alpha value is -0.960. The summed E-state index contributed by atoms with van der Waals surface area (Å²) in [5.41, 5.74) is 0. The van der Waals surface area contributed by atoms with E-state index in [0.29, 0.717) is 42.1 Å². The Morgan fingerprint density at radius 3 is 2.15 bits per heavy atom. The lowest BCUT2D eigenvalue weighted by Crippen LogP contribution is -2.51. The molecule has 0 aromatic heterocycles. The van der Waals surface area contributed by atoms with E-state index in [9.17, 15) is 13.2 Å². The Bertz CT molecular complexity index is 725. The molecule has 1 aromatic carbocycles. The molecule has 144 valence electrons. The van der Waals surface area contributed by atoms with Gasteiger partial charge >= 0.3 is 0 Å². The number of hydrogen-bond acceptors (Lipinski definition) is 4. The van der Waals surface area contributed by atoms with Gasteiger partial charge in [0.1, 0.15) is 0 Å². The maximum absolute atomic E-state index is 12.8. The van der Waals surface area contributed by atoms with Crippen LogP contribution in [-0.2, 0) is 14.8 Å². The van der Waals surface area contributed by atoms with Crippen molar-refractivity contribution in [2.75, 3.05) is 45.8 Å². The van der Waals surface area contributed by atoms with Crippen LogP contribution < -0.4 is 0 Å². The highest BCUT2D eigenvalue weighted by atomic mass is 79.9. The highest BCUT2D eigenvalue weighted by Gasteiger charge is 2.30. The summed E-state index contributed by atoms with van der Waals surface area (Å²) in [6.07, 6.45) is 4.58. The van der Waals surface area contributed by atoms with E-state index in [1.165, 1.54) is 17.1 Å². The van der Waals surface area contributed by atoms with Gasteiger partial charge in [-0.25, -0.2) is 8.42 Å². The maximum atomic E-state index is 12.8. The van der Waals surface area contributed by atoms with Crippen LogP contribution in [0.15, 0.2) is 33.6 Å². The molecule has 26 heavy (non-hydrogen) atoms. The molecule has 0 saturated carbocycles. The largest absolute Gasteiger partial charge is 0.342 e. The summed E-state index contributed by atoms with van der Waals surface area (Å²) in [7, 11) is -3.51. The fourth-order valence-corrected chi connectivity index (χ4v) is 5.92. The van der Waals surface area contributed by atoms with Gasteiger partial charge in [0.05, 0.1) is 11.4 Å². The van der Waals surface area contributed by atoms with Gasteiger partial charge in [0, 0.05) is 43.7 Å². The normalized spacial score (nSPS) is 20.7. The summed E-state index contributed by atoms with van der Waals surface area (Å²) in [4.78, 5) is 16.8.